The van der Waals surface area contributed by atoms with E-state index < -0.39 is 0 Å². The van der Waals surface area contributed by atoms with Crippen molar-refractivity contribution in [3.8, 4) is 0 Å². The van der Waals surface area contributed by atoms with Gasteiger partial charge in [0.15, 0.2) is 0 Å². The molecule has 1 aliphatic carbocycles. The van der Waals surface area contributed by atoms with Crippen LogP contribution in [0, 0.1) is 12.8 Å². The van der Waals surface area contributed by atoms with Crippen molar-refractivity contribution < 1.29 is 0 Å². The minimum Gasteiger partial charge on any atom is -0.354 e. The molecule has 120 valence electrons. The van der Waals surface area contributed by atoms with E-state index in [1.165, 1.54) is 42.8 Å². The van der Waals surface area contributed by atoms with Gasteiger partial charge in [-0.1, -0.05) is 20.8 Å². The zero-order valence-corrected chi connectivity index (χ0v) is 14.4. The number of anilines is 1. The first-order chi connectivity index (χ1) is 10.0. The smallest absolute Gasteiger partial charge is 0.131 e. The molecule has 1 fully saturated rings. The van der Waals surface area contributed by atoms with Gasteiger partial charge in [0.1, 0.15) is 5.82 Å². The second-order valence-corrected chi connectivity index (χ2v) is 6.80. The molecule has 0 radical (unpaired) electrons. The van der Waals surface area contributed by atoms with Gasteiger partial charge in [0.05, 0.1) is 5.69 Å². The second kappa shape index (κ2) is 7.30. The van der Waals surface area contributed by atoms with Crippen LogP contribution in [0.5, 0.6) is 0 Å². The first-order valence-corrected chi connectivity index (χ1v) is 8.54. The van der Waals surface area contributed by atoms with Gasteiger partial charge in [-0.25, -0.2) is 0 Å². The Morgan fingerprint density at radius 3 is 2.67 bits per heavy atom. The van der Waals surface area contributed by atoms with Crippen molar-refractivity contribution in [3.63, 3.8) is 0 Å². The van der Waals surface area contributed by atoms with Crippen LogP contribution < -0.4 is 10.2 Å². The van der Waals surface area contributed by atoms with Crippen LogP contribution in [-0.4, -0.2) is 28.9 Å². The molecule has 0 aromatic carbocycles. The Morgan fingerprint density at radius 2 is 2.10 bits per heavy atom. The normalized spacial score (nSPS) is 15.0. The number of hydrogen-bond donors (Lipinski definition) is 1. The van der Waals surface area contributed by atoms with Crippen molar-refractivity contribution in [1.29, 1.82) is 0 Å². The maximum absolute atomic E-state index is 4.68. The first-order valence-electron chi connectivity index (χ1n) is 8.54. The Kier molecular flexibility index (Phi) is 5.68. The van der Waals surface area contributed by atoms with Gasteiger partial charge in [-0.3, -0.25) is 4.68 Å². The Morgan fingerprint density at radius 1 is 1.38 bits per heavy atom. The van der Waals surface area contributed by atoms with Crippen LogP contribution in [0.1, 0.15) is 57.7 Å². The van der Waals surface area contributed by atoms with E-state index in [4.69, 9.17) is 0 Å². The van der Waals surface area contributed by atoms with Crippen LogP contribution in [0.2, 0.25) is 0 Å². The molecule has 1 heterocycles. The van der Waals surface area contributed by atoms with Crippen LogP contribution in [0.3, 0.4) is 0 Å². The number of rotatable bonds is 9. The molecule has 1 aliphatic rings. The van der Waals surface area contributed by atoms with Crippen molar-refractivity contribution >= 4 is 5.82 Å². The van der Waals surface area contributed by atoms with Crippen LogP contribution >= 0.6 is 0 Å². The van der Waals surface area contributed by atoms with Crippen LogP contribution in [0.15, 0.2) is 0 Å². The quantitative estimate of drug-likeness (QED) is 0.709. The summed E-state index contributed by atoms with van der Waals surface area (Å²) in [5.41, 5.74) is 2.56. The summed E-state index contributed by atoms with van der Waals surface area (Å²) in [6.45, 7) is 12.1. The molecule has 1 saturated carbocycles. The maximum Gasteiger partial charge on any atom is 0.131 e. The highest BCUT2D eigenvalue weighted by Crippen LogP contribution is 2.34. The first kappa shape index (κ1) is 16.3. The van der Waals surface area contributed by atoms with E-state index in [1.807, 2.05) is 0 Å². The Bertz CT molecular complexity index is 446. The van der Waals surface area contributed by atoms with E-state index in [-0.39, 0.29) is 0 Å². The van der Waals surface area contributed by atoms with Gasteiger partial charge in [0, 0.05) is 31.7 Å². The molecular formula is C17H32N4. The molecular weight excluding hydrogens is 260 g/mol. The lowest BCUT2D eigenvalue weighted by molar-refractivity contribution is 0.559. The third kappa shape index (κ3) is 4.22. The topological polar surface area (TPSA) is 33.1 Å². The summed E-state index contributed by atoms with van der Waals surface area (Å²) in [5, 5.41) is 8.23. The summed E-state index contributed by atoms with van der Waals surface area (Å²) in [6, 6.07) is 0.739. The van der Waals surface area contributed by atoms with E-state index in [9.17, 15) is 0 Å². The average molecular weight is 292 g/mol. The van der Waals surface area contributed by atoms with Gasteiger partial charge >= 0.3 is 0 Å². The minimum atomic E-state index is 0.739. The number of aromatic nitrogens is 2. The van der Waals surface area contributed by atoms with E-state index in [0.717, 1.165) is 31.6 Å². The molecule has 1 aromatic heterocycles. The van der Waals surface area contributed by atoms with Gasteiger partial charge in [0.2, 0.25) is 0 Å². The van der Waals surface area contributed by atoms with E-state index in [1.54, 1.807) is 0 Å². The maximum atomic E-state index is 4.68. The Labute approximate surface area is 129 Å². The van der Waals surface area contributed by atoms with Crippen LogP contribution in [0.25, 0.3) is 0 Å². The monoisotopic (exact) mass is 292 g/mol. The SMILES string of the molecule is CCCNCc1c(C)nn(C)c1N(CCC(C)C)C1CC1. The molecule has 0 bridgehead atoms. The molecule has 0 aliphatic heterocycles. The van der Waals surface area contributed by atoms with Gasteiger partial charge in [-0.05, 0) is 45.1 Å². The molecule has 1 N–H and O–H groups in total. The lowest BCUT2D eigenvalue weighted by atomic mass is 10.1. The lowest BCUT2D eigenvalue weighted by Crippen LogP contribution is -2.31. The van der Waals surface area contributed by atoms with Crippen LogP contribution in [0.4, 0.5) is 5.82 Å². The second-order valence-electron chi connectivity index (χ2n) is 6.80. The lowest BCUT2D eigenvalue weighted by Gasteiger charge is -2.27. The zero-order chi connectivity index (χ0) is 15.4. The van der Waals surface area contributed by atoms with E-state index in [0.29, 0.717) is 0 Å². The summed E-state index contributed by atoms with van der Waals surface area (Å²) in [7, 11) is 2.09. The molecule has 1 aromatic rings. The third-order valence-corrected chi connectivity index (χ3v) is 4.25. The summed E-state index contributed by atoms with van der Waals surface area (Å²) in [4.78, 5) is 2.61. The highest BCUT2D eigenvalue weighted by molar-refractivity contribution is 5.52. The Hall–Kier alpha value is -1.03. The molecule has 4 heteroatoms. The number of aryl methyl sites for hydroxylation is 2. The van der Waals surface area contributed by atoms with Gasteiger partial charge in [-0.15, -0.1) is 0 Å². The number of hydrogen-bond acceptors (Lipinski definition) is 3. The molecule has 0 atom stereocenters. The number of nitrogens with one attached hydrogen (secondary N) is 1. The molecule has 0 spiro atoms. The molecule has 0 unspecified atom stereocenters. The van der Waals surface area contributed by atoms with Crippen molar-refractivity contribution in [2.75, 3.05) is 18.0 Å². The van der Waals surface area contributed by atoms with Crippen LogP contribution in [-0.2, 0) is 13.6 Å². The fourth-order valence-electron chi connectivity index (χ4n) is 2.89. The molecule has 4 nitrogen and oxygen atoms in total. The van der Waals surface area contributed by atoms with E-state index in [2.05, 4.69) is 54.7 Å². The fourth-order valence-corrected chi connectivity index (χ4v) is 2.89. The van der Waals surface area contributed by atoms with Gasteiger partial charge in [0.25, 0.3) is 0 Å². The van der Waals surface area contributed by atoms with Gasteiger partial charge < -0.3 is 10.2 Å². The highest BCUT2D eigenvalue weighted by atomic mass is 15.4. The van der Waals surface area contributed by atoms with Crippen molar-refractivity contribution in [3.05, 3.63) is 11.3 Å². The highest BCUT2D eigenvalue weighted by Gasteiger charge is 2.32. The summed E-state index contributed by atoms with van der Waals surface area (Å²) >= 11 is 0. The molecule has 0 saturated heterocycles. The number of nitrogens with zero attached hydrogens (tertiary/aromatic N) is 3. The standard InChI is InChI=1S/C17H32N4/c1-6-10-18-12-16-14(4)19-20(5)17(16)21(15-7-8-15)11-9-13(2)3/h13,15,18H,6-12H2,1-5H3. The van der Waals surface area contributed by atoms with Crippen molar-refractivity contribution in [2.45, 2.75) is 66.0 Å². The Balaban J connectivity index is 2.17. The summed E-state index contributed by atoms with van der Waals surface area (Å²) in [5.74, 6) is 2.10. The van der Waals surface area contributed by atoms with Crippen molar-refractivity contribution in [2.24, 2.45) is 13.0 Å². The average Bonchev–Trinajstić information content (AvgIpc) is 3.20. The minimum absolute atomic E-state index is 0.739. The zero-order valence-electron chi connectivity index (χ0n) is 14.4. The van der Waals surface area contributed by atoms with Gasteiger partial charge in [-0.2, -0.15) is 5.10 Å². The molecule has 2 rings (SSSR count). The molecule has 0 amide bonds. The predicted octanol–water partition coefficient (Wildman–Crippen LogP) is 3.24. The fraction of sp³-hybridized carbons (Fsp3) is 0.824. The largest absolute Gasteiger partial charge is 0.354 e. The summed E-state index contributed by atoms with van der Waals surface area (Å²) in [6.07, 6.45) is 5.10. The third-order valence-electron chi connectivity index (χ3n) is 4.25. The van der Waals surface area contributed by atoms with Crippen molar-refractivity contribution in [1.82, 2.24) is 15.1 Å². The van der Waals surface area contributed by atoms with E-state index >= 15 is 0 Å². The molecule has 21 heavy (non-hydrogen) atoms. The summed E-state index contributed by atoms with van der Waals surface area (Å²) < 4.78 is 2.09. The predicted molar refractivity (Wildman–Crippen MR) is 89.8 cm³/mol.